The van der Waals surface area contributed by atoms with E-state index in [0.717, 1.165) is 66.5 Å². The van der Waals surface area contributed by atoms with Crippen molar-refractivity contribution in [3.8, 4) is 29.0 Å². The maximum absolute atomic E-state index is 9.92. The second-order valence-corrected chi connectivity index (χ2v) is 12.1. The molecule has 0 unspecified atom stereocenters. The maximum atomic E-state index is 9.92. The first-order chi connectivity index (χ1) is 24.1. The molecule has 0 atom stereocenters. The summed E-state index contributed by atoms with van der Waals surface area (Å²) >= 11 is 0. The summed E-state index contributed by atoms with van der Waals surface area (Å²) in [6, 6.07) is 50.0. The minimum absolute atomic E-state index is 0.583. The van der Waals surface area contributed by atoms with Crippen LogP contribution in [0.5, 0.6) is 0 Å². The number of allylic oxidation sites excluding steroid dienone is 5. The zero-order valence-corrected chi connectivity index (χ0v) is 26.9. The number of nitrogens with zero attached hydrogens (tertiary/aromatic N) is 4. The average molecular weight is 627 g/mol. The van der Waals surface area contributed by atoms with Crippen LogP contribution in [-0.4, -0.2) is 9.13 Å². The van der Waals surface area contributed by atoms with E-state index < -0.39 is 0 Å². The summed E-state index contributed by atoms with van der Waals surface area (Å²) in [6.45, 7) is 6.29. The molecule has 0 saturated carbocycles. The van der Waals surface area contributed by atoms with Gasteiger partial charge in [-0.3, -0.25) is 0 Å². The van der Waals surface area contributed by atoms with E-state index in [-0.39, 0.29) is 0 Å². The second-order valence-electron chi connectivity index (χ2n) is 12.1. The van der Waals surface area contributed by atoms with Crippen molar-refractivity contribution >= 4 is 54.9 Å². The molecule has 49 heavy (non-hydrogen) atoms. The van der Waals surface area contributed by atoms with Crippen LogP contribution < -0.4 is 0 Å². The Kier molecular flexibility index (Phi) is 7.26. The molecule has 2 heterocycles. The molecule has 2 aromatic heterocycles. The van der Waals surface area contributed by atoms with Gasteiger partial charge in [-0.25, -0.2) is 0 Å². The van der Waals surface area contributed by atoms with Gasteiger partial charge < -0.3 is 9.13 Å². The predicted molar refractivity (Wildman–Crippen MR) is 203 cm³/mol. The minimum Gasteiger partial charge on any atom is -0.309 e. The highest BCUT2D eigenvalue weighted by Crippen LogP contribution is 2.38. The van der Waals surface area contributed by atoms with Gasteiger partial charge >= 0.3 is 0 Å². The number of para-hydroxylation sites is 3. The van der Waals surface area contributed by atoms with E-state index in [1.807, 2.05) is 54.6 Å². The number of fused-ring (bicyclic) bond motifs is 6. The van der Waals surface area contributed by atoms with E-state index in [4.69, 9.17) is 0 Å². The number of nitriles is 2. The number of aromatic nitrogens is 2. The van der Waals surface area contributed by atoms with Gasteiger partial charge in [0.2, 0.25) is 0 Å². The SMILES string of the molecule is C=C/C(=C\C=C(/C)c1cccc(-c2cc(C#N)ccc2-n2c3ccccc3c3ccc(C#N)cc32)c1)n1c2ccccc2c2ccccc21. The molecule has 0 spiro atoms. The van der Waals surface area contributed by atoms with Gasteiger partial charge in [0.25, 0.3) is 0 Å². The maximum Gasteiger partial charge on any atom is 0.0992 e. The Morgan fingerprint density at radius 1 is 0.592 bits per heavy atom. The molecular weight excluding hydrogens is 597 g/mol. The Bertz CT molecular complexity index is 2720. The average Bonchev–Trinajstić information content (AvgIpc) is 3.67. The fraction of sp³-hybridized carbons (Fsp3) is 0.0222. The Morgan fingerprint density at radius 3 is 1.86 bits per heavy atom. The standard InChI is InChI=1S/C45H30N4/c1-3-35(48-41-16-7-4-13-36(41)37-14-5-8-17-42(37)48)22-19-30(2)33-11-10-12-34(27-33)40-25-31(28-46)21-24-44(40)49-43-18-9-6-15-38(43)39-23-20-32(29-47)26-45(39)49/h3-27H,1H2,2H3/b30-19+,35-22+. The van der Waals surface area contributed by atoms with Crippen molar-refractivity contribution in [2.24, 2.45) is 0 Å². The van der Waals surface area contributed by atoms with Gasteiger partial charge in [-0.05, 0) is 90.4 Å². The number of benzene rings is 6. The van der Waals surface area contributed by atoms with Crippen LogP contribution in [0.25, 0.3) is 71.7 Å². The van der Waals surface area contributed by atoms with Gasteiger partial charge in [0.1, 0.15) is 0 Å². The molecule has 0 saturated heterocycles. The van der Waals surface area contributed by atoms with Crippen LogP contribution in [-0.2, 0) is 0 Å². The van der Waals surface area contributed by atoms with E-state index in [9.17, 15) is 10.5 Å². The highest BCUT2D eigenvalue weighted by Gasteiger charge is 2.17. The summed E-state index contributed by atoms with van der Waals surface area (Å²) < 4.78 is 4.48. The highest BCUT2D eigenvalue weighted by atomic mass is 15.0. The highest BCUT2D eigenvalue weighted by molar-refractivity contribution is 6.11. The smallest absolute Gasteiger partial charge is 0.0992 e. The lowest BCUT2D eigenvalue weighted by Gasteiger charge is -2.15. The molecule has 6 aromatic carbocycles. The van der Waals surface area contributed by atoms with Crippen LogP contribution in [0, 0.1) is 22.7 Å². The molecule has 4 nitrogen and oxygen atoms in total. The first kappa shape index (κ1) is 29.5. The molecule has 8 aromatic rings. The lowest BCUT2D eigenvalue weighted by atomic mass is 9.96. The molecule has 0 aliphatic rings. The summed E-state index contributed by atoms with van der Waals surface area (Å²) in [5.74, 6) is 0. The van der Waals surface area contributed by atoms with E-state index >= 15 is 0 Å². The van der Waals surface area contributed by atoms with Crippen molar-refractivity contribution in [3.05, 3.63) is 175 Å². The first-order valence-corrected chi connectivity index (χ1v) is 16.2. The van der Waals surface area contributed by atoms with Crippen LogP contribution in [0.2, 0.25) is 0 Å². The van der Waals surface area contributed by atoms with E-state index in [2.05, 4.69) is 132 Å². The van der Waals surface area contributed by atoms with Crippen molar-refractivity contribution in [2.75, 3.05) is 0 Å². The lowest BCUT2D eigenvalue weighted by Crippen LogP contribution is -1.98. The summed E-state index contributed by atoms with van der Waals surface area (Å²) in [7, 11) is 0. The summed E-state index contributed by atoms with van der Waals surface area (Å²) in [6.07, 6.45) is 6.17. The molecule has 0 fully saturated rings. The van der Waals surface area contributed by atoms with Gasteiger partial charge in [-0.1, -0.05) is 91.5 Å². The Hall–Kier alpha value is -6.88. The third kappa shape index (κ3) is 4.92. The second kappa shape index (κ2) is 12.0. The molecule has 0 aliphatic carbocycles. The quantitative estimate of drug-likeness (QED) is 0.172. The molecular formula is C45H30N4. The normalized spacial score (nSPS) is 12.1. The number of hydrogen-bond acceptors (Lipinski definition) is 2. The topological polar surface area (TPSA) is 57.4 Å². The Labute approximate surface area is 284 Å². The van der Waals surface area contributed by atoms with Gasteiger partial charge in [0.15, 0.2) is 0 Å². The number of rotatable bonds is 6. The van der Waals surface area contributed by atoms with Crippen LogP contribution in [0.3, 0.4) is 0 Å². The fourth-order valence-corrected chi connectivity index (χ4v) is 7.00. The molecule has 0 aliphatic heterocycles. The molecule has 8 rings (SSSR count). The molecule has 230 valence electrons. The number of hydrogen-bond donors (Lipinski definition) is 0. The van der Waals surface area contributed by atoms with E-state index in [1.165, 1.54) is 10.8 Å². The molecule has 0 amide bonds. The predicted octanol–water partition coefficient (Wildman–Crippen LogP) is 11.4. The third-order valence-corrected chi connectivity index (χ3v) is 9.35. The van der Waals surface area contributed by atoms with Crippen molar-refractivity contribution in [1.29, 1.82) is 10.5 Å². The van der Waals surface area contributed by atoms with Crippen LogP contribution in [0.15, 0.2) is 158 Å². The largest absolute Gasteiger partial charge is 0.309 e. The van der Waals surface area contributed by atoms with Crippen molar-refractivity contribution < 1.29 is 0 Å². The van der Waals surface area contributed by atoms with Crippen molar-refractivity contribution in [1.82, 2.24) is 9.13 Å². The summed E-state index contributed by atoms with van der Waals surface area (Å²) in [5, 5.41) is 24.3. The molecule has 0 bridgehead atoms. The Morgan fingerprint density at radius 2 is 1.18 bits per heavy atom. The van der Waals surface area contributed by atoms with Crippen molar-refractivity contribution in [3.63, 3.8) is 0 Å². The van der Waals surface area contributed by atoms with E-state index in [1.54, 1.807) is 0 Å². The van der Waals surface area contributed by atoms with Gasteiger partial charge in [-0.2, -0.15) is 10.5 Å². The van der Waals surface area contributed by atoms with Gasteiger partial charge in [0, 0.05) is 32.8 Å². The Balaban J connectivity index is 1.27. The van der Waals surface area contributed by atoms with Crippen molar-refractivity contribution in [2.45, 2.75) is 6.92 Å². The summed E-state index contributed by atoms with van der Waals surface area (Å²) in [4.78, 5) is 0. The molecule has 4 heteroatoms. The fourth-order valence-electron chi connectivity index (χ4n) is 7.00. The van der Waals surface area contributed by atoms with Gasteiger partial charge in [0.05, 0.1) is 51.0 Å². The molecule has 0 radical (unpaired) electrons. The molecule has 0 N–H and O–H groups in total. The lowest BCUT2D eigenvalue weighted by molar-refractivity contribution is 1.18. The van der Waals surface area contributed by atoms with Crippen LogP contribution in [0.1, 0.15) is 23.6 Å². The van der Waals surface area contributed by atoms with Crippen LogP contribution >= 0.6 is 0 Å². The zero-order chi connectivity index (χ0) is 33.5. The van der Waals surface area contributed by atoms with Gasteiger partial charge in [-0.15, -0.1) is 0 Å². The van der Waals surface area contributed by atoms with E-state index in [0.29, 0.717) is 11.1 Å². The first-order valence-electron chi connectivity index (χ1n) is 16.2. The van der Waals surface area contributed by atoms with Crippen LogP contribution in [0.4, 0.5) is 0 Å². The monoisotopic (exact) mass is 626 g/mol. The summed E-state index contributed by atoms with van der Waals surface area (Å²) in [5.41, 5.74) is 11.5. The zero-order valence-electron chi connectivity index (χ0n) is 26.9. The third-order valence-electron chi connectivity index (χ3n) is 9.35. The minimum atomic E-state index is 0.583.